The maximum absolute atomic E-state index is 12.1. The van der Waals surface area contributed by atoms with Gasteiger partial charge < -0.3 is 11.1 Å². The smallest absolute Gasteiger partial charge is 0.255 e. The monoisotopic (exact) mass is 252 g/mol. The van der Waals surface area contributed by atoms with Gasteiger partial charge in [-0.3, -0.25) is 4.79 Å². The molecule has 0 aliphatic heterocycles. The molecule has 0 bridgehead atoms. The zero-order valence-corrected chi connectivity index (χ0v) is 11.2. The van der Waals surface area contributed by atoms with Gasteiger partial charge in [0.25, 0.3) is 5.91 Å². The summed E-state index contributed by atoms with van der Waals surface area (Å²) in [4.78, 5) is 12.1. The second-order valence-corrected chi connectivity index (χ2v) is 4.82. The molecule has 0 aliphatic carbocycles. The van der Waals surface area contributed by atoms with E-state index < -0.39 is 0 Å². The molecule has 0 radical (unpaired) electrons. The lowest BCUT2D eigenvalue weighted by molar-refractivity contribution is 0.102. The molecule has 0 atom stereocenters. The molecule has 19 heavy (non-hydrogen) atoms. The molecule has 2 aromatic carbocycles. The van der Waals surface area contributed by atoms with Crippen molar-refractivity contribution in [3.05, 3.63) is 54.1 Å². The van der Waals surface area contributed by atoms with Crippen molar-refractivity contribution in [3.8, 4) is 0 Å². The number of benzene rings is 2. The SMILES string of the molecule is CB(C)c1ccc(C(=O)Nc2ccccc2N)cc1. The number of nitrogens with one attached hydrogen (secondary N) is 1. The molecule has 0 saturated carbocycles. The number of carbonyl (C=O) groups is 1. The zero-order valence-electron chi connectivity index (χ0n) is 11.2. The average Bonchev–Trinajstić information content (AvgIpc) is 2.41. The quantitative estimate of drug-likeness (QED) is 0.651. The van der Waals surface area contributed by atoms with Crippen LogP contribution in [0.15, 0.2) is 48.5 Å². The van der Waals surface area contributed by atoms with Crippen molar-refractivity contribution in [1.82, 2.24) is 0 Å². The van der Waals surface area contributed by atoms with Crippen molar-refractivity contribution in [3.63, 3.8) is 0 Å². The minimum absolute atomic E-state index is 0.145. The minimum Gasteiger partial charge on any atom is -0.397 e. The van der Waals surface area contributed by atoms with Gasteiger partial charge in [0.15, 0.2) is 6.71 Å². The molecule has 3 N–H and O–H groups in total. The lowest BCUT2D eigenvalue weighted by Gasteiger charge is -2.08. The molecule has 96 valence electrons. The fourth-order valence-corrected chi connectivity index (χ4v) is 1.82. The van der Waals surface area contributed by atoms with Crippen LogP contribution in [-0.2, 0) is 0 Å². The summed E-state index contributed by atoms with van der Waals surface area (Å²) < 4.78 is 0. The summed E-state index contributed by atoms with van der Waals surface area (Å²) in [5.74, 6) is -0.145. The number of anilines is 2. The van der Waals surface area contributed by atoms with Crippen LogP contribution >= 0.6 is 0 Å². The summed E-state index contributed by atoms with van der Waals surface area (Å²) >= 11 is 0. The average molecular weight is 252 g/mol. The first-order valence-corrected chi connectivity index (χ1v) is 6.33. The molecule has 0 unspecified atom stereocenters. The van der Waals surface area contributed by atoms with Gasteiger partial charge in [0.2, 0.25) is 0 Å². The molecule has 0 aliphatic rings. The number of para-hydroxylation sites is 2. The molecule has 0 spiro atoms. The Hall–Kier alpha value is -2.23. The molecule has 0 saturated heterocycles. The maximum atomic E-state index is 12.1. The van der Waals surface area contributed by atoms with Crippen LogP contribution in [0, 0.1) is 0 Å². The van der Waals surface area contributed by atoms with Crippen LogP contribution in [0.2, 0.25) is 13.6 Å². The second-order valence-electron chi connectivity index (χ2n) is 4.82. The molecule has 3 nitrogen and oxygen atoms in total. The molecule has 0 aromatic heterocycles. The van der Waals surface area contributed by atoms with Crippen LogP contribution in [-0.4, -0.2) is 12.6 Å². The number of hydrogen-bond donors (Lipinski definition) is 2. The highest BCUT2D eigenvalue weighted by Gasteiger charge is 2.09. The van der Waals surface area contributed by atoms with Crippen molar-refractivity contribution < 1.29 is 4.79 Å². The molecule has 0 heterocycles. The summed E-state index contributed by atoms with van der Waals surface area (Å²) in [7, 11) is 0. The van der Waals surface area contributed by atoms with E-state index in [-0.39, 0.29) is 5.91 Å². The highest BCUT2D eigenvalue weighted by Crippen LogP contribution is 2.17. The maximum Gasteiger partial charge on any atom is 0.255 e. The van der Waals surface area contributed by atoms with E-state index in [0.717, 1.165) is 0 Å². The van der Waals surface area contributed by atoms with Gasteiger partial charge in [-0.05, 0) is 24.3 Å². The lowest BCUT2D eigenvalue weighted by atomic mass is 9.49. The predicted octanol–water partition coefficient (Wildman–Crippen LogP) is 2.48. The van der Waals surface area contributed by atoms with Gasteiger partial charge in [0.1, 0.15) is 0 Å². The van der Waals surface area contributed by atoms with E-state index in [1.807, 2.05) is 36.4 Å². The summed E-state index contributed by atoms with van der Waals surface area (Å²) in [5, 5.41) is 2.81. The first-order chi connectivity index (χ1) is 9.08. The minimum atomic E-state index is -0.145. The Kier molecular flexibility index (Phi) is 3.90. The Bertz CT molecular complexity index is 579. The zero-order chi connectivity index (χ0) is 13.8. The summed E-state index contributed by atoms with van der Waals surface area (Å²) in [6.07, 6.45) is 0. The summed E-state index contributed by atoms with van der Waals surface area (Å²) in [6, 6.07) is 14.9. The van der Waals surface area contributed by atoms with Gasteiger partial charge in [0, 0.05) is 5.56 Å². The van der Waals surface area contributed by atoms with Gasteiger partial charge >= 0.3 is 0 Å². The number of nitrogens with two attached hydrogens (primary N) is 1. The van der Waals surface area contributed by atoms with Gasteiger partial charge in [-0.25, -0.2) is 0 Å². The van der Waals surface area contributed by atoms with Gasteiger partial charge in [0.05, 0.1) is 11.4 Å². The van der Waals surface area contributed by atoms with Crippen LogP contribution in [0.1, 0.15) is 10.4 Å². The Morgan fingerprint density at radius 1 is 1.05 bits per heavy atom. The third kappa shape index (κ3) is 3.16. The van der Waals surface area contributed by atoms with Gasteiger partial charge in [-0.15, -0.1) is 0 Å². The summed E-state index contributed by atoms with van der Waals surface area (Å²) in [6.45, 7) is 4.71. The number of amides is 1. The topological polar surface area (TPSA) is 55.1 Å². The Morgan fingerprint density at radius 3 is 2.26 bits per heavy atom. The fraction of sp³-hybridized carbons (Fsp3) is 0.133. The van der Waals surface area contributed by atoms with Crippen LogP contribution in [0.4, 0.5) is 11.4 Å². The van der Waals surface area contributed by atoms with Gasteiger partial charge in [-0.1, -0.05) is 43.4 Å². The Labute approximate surface area is 113 Å². The van der Waals surface area contributed by atoms with E-state index in [4.69, 9.17) is 5.73 Å². The van der Waals surface area contributed by atoms with Crippen LogP contribution < -0.4 is 16.5 Å². The van der Waals surface area contributed by atoms with E-state index in [2.05, 4.69) is 19.0 Å². The van der Waals surface area contributed by atoms with Crippen molar-refractivity contribution in [2.24, 2.45) is 0 Å². The predicted molar refractivity (Wildman–Crippen MR) is 82.4 cm³/mol. The van der Waals surface area contributed by atoms with Crippen molar-refractivity contribution in [2.75, 3.05) is 11.1 Å². The number of carbonyl (C=O) groups excluding carboxylic acids is 1. The van der Waals surface area contributed by atoms with Crippen LogP contribution in [0.25, 0.3) is 0 Å². The second kappa shape index (κ2) is 5.61. The standard InChI is InChI=1S/C15H17BN2O/c1-16(2)12-9-7-11(8-10-12)15(19)18-14-6-4-3-5-13(14)17/h3-10H,17H2,1-2H3,(H,18,19). The molecule has 2 aromatic rings. The molecule has 4 heteroatoms. The Morgan fingerprint density at radius 2 is 1.68 bits per heavy atom. The number of rotatable bonds is 3. The summed E-state index contributed by atoms with van der Waals surface area (Å²) in [5.41, 5.74) is 8.85. The van der Waals surface area contributed by atoms with Crippen molar-refractivity contribution >= 4 is 29.5 Å². The normalized spacial score (nSPS) is 10.0. The van der Waals surface area contributed by atoms with E-state index in [9.17, 15) is 4.79 Å². The van der Waals surface area contributed by atoms with E-state index >= 15 is 0 Å². The fourth-order valence-electron chi connectivity index (χ4n) is 1.82. The van der Waals surface area contributed by atoms with E-state index in [1.54, 1.807) is 12.1 Å². The van der Waals surface area contributed by atoms with Crippen molar-refractivity contribution in [1.29, 1.82) is 0 Å². The molecule has 2 rings (SSSR count). The van der Waals surface area contributed by atoms with Crippen LogP contribution in [0.5, 0.6) is 0 Å². The highest BCUT2D eigenvalue weighted by atomic mass is 16.1. The molecular formula is C15H17BN2O. The molecule has 0 fully saturated rings. The number of nitrogen functional groups attached to an aromatic ring is 1. The van der Waals surface area contributed by atoms with Crippen molar-refractivity contribution in [2.45, 2.75) is 13.6 Å². The molecular weight excluding hydrogens is 235 g/mol. The Balaban J connectivity index is 2.14. The van der Waals surface area contributed by atoms with E-state index in [0.29, 0.717) is 23.7 Å². The highest BCUT2D eigenvalue weighted by molar-refractivity contribution is 6.70. The third-order valence-corrected chi connectivity index (χ3v) is 3.05. The first kappa shape index (κ1) is 13.2. The van der Waals surface area contributed by atoms with Crippen LogP contribution in [0.3, 0.4) is 0 Å². The lowest BCUT2D eigenvalue weighted by Crippen LogP contribution is -2.23. The third-order valence-electron chi connectivity index (χ3n) is 3.05. The number of hydrogen-bond acceptors (Lipinski definition) is 2. The largest absolute Gasteiger partial charge is 0.397 e. The first-order valence-electron chi connectivity index (χ1n) is 6.33. The van der Waals surface area contributed by atoms with E-state index in [1.165, 1.54) is 5.46 Å². The van der Waals surface area contributed by atoms with Gasteiger partial charge in [-0.2, -0.15) is 0 Å². The molecule has 1 amide bonds.